The highest BCUT2D eigenvalue weighted by Crippen LogP contribution is 2.32. The average molecular weight is 335 g/mol. The van der Waals surface area contributed by atoms with E-state index in [0.29, 0.717) is 5.92 Å². The van der Waals surface area contributed by atoms with Crippen molar-refractivity contribution >= 4 is 0 Å². The number of pyridine rings is 1. The minimum absolute atomic E-state index is 0.488. The van der Waals surface area contributed by atoms with Crippen molar-refractivity contribution in [3.05, 3.63) is 65.0 Å². The molecule has 2 heteroatoms. The number of nitrogens with zero attached hydrogens (tertiary/aromatic N) is 1. The summed E-state index contributed by atoms with van der Waals surface area (Å²) in [5, 5.41) is 3.48. The van der Waals surface area contributed by atoms with E-state index in [2.05, 4.69) is 63.5 Å². The number of benzene rings is 1. The zero-order valence-corrected chi connectivity index (χ0v) is 16.0. The molecule has 132 valence electrons. The second-order valence-corrected chi connectivity index (χ2v) is 7.78. The molecule has 1 fully saturated rings. The van der Waals surface area contributed by atoms with E-state index in [0.717, 1.165) is 24.6 Å². The Labute approximate surface area is 152 Å². The van der Waals surface area contributed by atoms with E-state index in [9.17, 15) is 0 Å². The fraction of sp³-hybridized carbons (Fsp3) is 0.435. The lowest BCUT2D eigenvalue weighted by Gasteiger charge is -2.16. The van der Waals surface area contributed by atoms with Gasteiger partial charge in [-0.3, -0.25) is 4.98 Å². The first-order valence-corrected chi connectivity index (χ1v) is 9.48. The molecule has 2 aromatic rings. The summed E-state index contributed by atoms with van der Waals surface area (Å²) in [4.78, 5) is 4.75. The third-order valence-electron chi connectivity index (χ3n) is 4.90. The van der Waals surface area contributed by atoms with Gasteiger partial charge < -0.3 is 5.32 Å². The van der Waals surface area contributed by atoms with Crippen LogP contribution in [0.4, 0.5) is 0 Å². The molecule has 0 radical (unpaired) electrons. The fourth-order valence-electron chi connectivity index (χ4n) is 3.27. The molecule has 0 amide bonds. The predicted molar refractivity (Wildman–Crippen MR) is 107 cm³/mol. The van der Waals surface area contributed by atoms with Crippen molar-refractivity contribution in [1.29, 1.82) is 0 Å². The minimum atomic E-state index is 0.488. The van der Waals surface area contributed by atoms with Gasteiger partial charge in [-0.05, 0) is 68.3 Å². The van der Waals surface area contributed by atoms with Crippen molar-refractivity contribution in [2.75, 3.05) is 6.54 Å². The molecule has 0 bridgehead atoms. The summed E-state index contributed by atoms with van der Waals surface area (Å²) in [7, 11) is 0. The molecule has 0 unspecified atom stereocenters. The largest absolute Gasteiger partial charge is 0.391 e. The van der Waals surface area contributed by atoms with Gasteiger partial charge in [0.25, 0.3) is 0 Å². The van der Waals surface area contributed by atoms with Crippen LogP contribution in [0.1, 0.15) is 56.2 Å². The van der Waals surface area contributed by atoms with Gasteiger partial charge in [0.05, 0.1) is 5.69 Å². The lowest BCUT2D eigenvalue weighted by atomic mass is 9.90. The number of nitrogens with one attached hydrogen (secondary N) is 1. The fourth-order valence-corrected chi connectivity index (χ4v) is 3.27. The van der Waals surface area contributed by atoms with Crippen LogP contribution in [-0.2, 0) is 6.42 Å². The van der Waals surface area contributed by atoms with Crippen molar-refractivity contribution in [2.45, 2.75) is 52.9 Å². The summed E-state index contributed by atoms with van der Waals surface area (Å²) in [6.07, 6.45) is 7.81. The van der Waals surface area contributed by atoms with E-state index in [4.69, 9.17) is 4.98 Å². The van der Waals surface area contributed by atoms with Gasteiger partial charge in [0.15, 0.2) is 0 Å². The van der Waals surface area contributed by atoms with E-state index in [1.54, 1.807) is 0 Å². The second-order valence-electron chi connectivity index (χ2n) is 7.78. The Morgan fingerprint density at radius 3 is 2.80 bits per heavy atom. The third kappa shape index (κ3) is 4.72. The number of hydrogen-bond acceptors (Lipinski definition) is 2. The standard InChI is InChI=1S/C23H30N2/c1-16(2)22-13-17(3)7-10-21(22)23-20(6-5-11-25-23)12-18(4)14-24-15-19-8-9-19/h5-7,10-11,13-14,16,19,24H,8-9,12,15H2,1-4H3/b18-14+. The van der Waals surface area contributed by atoms with Crippen molar-refractivity contribution in [2.24, 2.45) is 5.92 Å². The van der Waals surface area contributed by atoms with E-state index < -0.39 is 0 Å². The maximum absolute atomic E-state index is 4.75. The smallest absolute Gasteiger partial charge is 0.0740 e. The Morgan fingerprint density at radius 2 is 2.08 bits per heavy atom. The van der Waals surface area contributed by atoms with Gasteiger partial charge in [-0.15, -0.1) is 0 Å². The Balaban J connectivity index is 1.85. The maximum atomic E-state index is 4.75. The van der Waals surface area contributed by atoms with Crippen molar-refractivity contribution in [3.8, 4) is 11.3 Å². The molecule has 25 heavy (non-hydrogen) atoms. The highest BCUT2D eigenvalue weighted by molar-refractivity contribution is 5.68. The Kier molecular flexibility index (Phi) is 5.57. The van der Waals surface area contributed by atoms with Crippen LogP contribution in [0, 0.1) is 12.8 Å². The van der Waals surface area contributed by atoms with Crippen LogP contribution in [-0.4, -0.2) is 11.5 Å². The van der Waals surface area contributed by atoms with Crippen LogP contribution < -0.4 is 5.32 Å². The summed E-state index contributed by atoms with van der Waals surface area (Å²) in [6.45, 7) is 10.00. The molecule has 1 aromatic carbocycles. The first kappa shape index (κ1) is 17.7. The maximum Gasteiger partial charge on any atom is 0.0740 e. The van der Waals surface area contributed by atoms with Gasteiger partial charge in [-0.1, -0.05) is 49.2 Å². The van der Waals surface area contributed by atoms with Crippen LogP contribution >= 0.6 is 0 Å². The highest BCUT2D eigenvalue weighted by Gasteiger charge is 2.20. The Bertz CT molecular complexity index is 754. The van der Waals surface area contributed by atoms with E-state index in [1.807, 2.05) is 12.3 Å². The zero-order chi connectivity index (χ0) is 17.8. The van der Waals surface area contributed by atoms with E-state index in [1.165, 1.54) is 40.7 Å². The zero-order valence-electron chi connectivity index (χ0n) is 16.0. The number of aromatic nitrogens is 1. The van der Waals surface area contributed by atoms with Gasteiger partial charge in [-0.25, -0.2) is 0 Å². The quantitative estimate of drug-likeness (QED) is 0.710. The summed E-state index contributed by atoms with van der Waals surface area (Å²) in [5.74, 6) is 1.39. The van der Waals surface area contributed by atoms with Crippen LogP contribution in [0.5, 0.6) is 0 Å². The van der Waals surface area contributed by atoms with Crippen LogP contribution in [0.3, 0.4) is 0 Å². The first-order valence-electron chi connectivity index (χ1n) is 9.48. The van der Waals surface area contributed by atoms with E-state index in [-0.39, 0.29) is 0 Å². The molecular weight excluding hydrogens is 304 g/mol. The van der Waals surface area contributed by atoms with Gasteiger partial charge in [-0.2, -0.15) is 0 Å². The van der Waals surface area contributed by atoms with Crippen LogP contribution in [0.15, 0.2) is 48.3 Å². The number of allylic oxidation sites excluding steroid dienone is 1. The molecular formula is C23H30N2. The summed E-state index contributed by atoms with van der Waals surface area (Å²) >= 11 is 0. The molecule has 1 saturated carbocycles. The van der Waals surface area contributed by atoms with Gasteiger partial charge >= 0.3 is 0 Å². The monoisotopic (exact) mass is 334 g/mol. The third-order valence-corrected chi connectivity index (χ3v) is 4.90. The Morgan fingerprint density at radius 1 is 1.28 bits per heavy atom. The molecule has 1 N–H and O–H groups in total. The topological polar surface area (TPSA) is 24.9 Å². The number of rotatable bonds is 7. The Hall–Kier alpha value is -2.09. The molecule has 0 spiro atoms. The van der Waals surface area contributed by atoms with Crippen molar-refractivity contribution in [3.63, 3.8) is 0 Å². The number of hydrogen-bond donors (Lipinski definition) is 1. The second kappa shape index (κ2) is 7.86. The molecule has 0 aliphatic heterocycles. The average Bonchev–Trinajstić information content (AvgIpc) is 3.40. The van der Waals surface area contributed by atoms with Gasteiger partial charge in [0, 0.05) is 18.3 Å². The molecule has 1 aliphatic rings. The molecule has 0 saturated heterocycles. The normalized spacial score (nSPS) is 14.8. The highest BCUT2D eigenvalue weighted by atomic mass is 14.8. The molecule has 2 nitrogen and oxygen atoms in total. The summed E-state index contributed by atoms with van der Waals surface area (Å²) in [5.41, 5.74) is 7.75. The number of aryl methyl sites for hydroxylation is 1. The summed E-state index contributed by atoms with van der Waals surface area (Å²) < 4.78 is 0. The van der Waals surface area contributed by atoms with Crippen LogP contribution in [0.2, 0.25) is 0 Å². The first-order chi connectivity index (χ1) is 12.0. The van der Waals surface area contributed by atoms with Gasteiger partial charge in [0.1, 0.15) is 0 Å². The molecule has 1 aliphatic carbocycles. The molecule has 1 aromatic heterocycles. The lowest BCUT2D eigenvalue weighted by Crippen LogP contribution is -2.10. The van der Waals surface area contributed by atoms with E-state index >= 15 is 0 Å². The summed E-state index contributed by atoms with van der Waals surface area (Å²) in [6, 6.07) is 11.0. The molecule has 3 rings (SSSR count). The predicted octanol–water partition coefficient (Wildman–Crippen LogP) is 5.63. The van der Waals surface area contributed by atoms with Gasteiger partial charge in [0.2, 0.25) is 0 Å². The minimum Gasteiger partial charge on any atom is -0.391 e. The van der Waals surface area contributed by atoms with Crippen molar-refractivity contribution in [1.82, 2.24) is 10.3 Å². The van der Waals surface area contributed by atoms with Crippen LogP contribution in [0.25, 0.3) is 11.3 Å². The van der Waals surface area contributed by atoms with Crippen molar-refractivity contribution < 1.29 is 0 Å². The SMILES string of the molecule is C/C(=C\NCC1CC1)Cc1cccnc1-c1ccc(C)cc1C(C)C. The molecule has 1 heterocycles. The molecule has 0 atom stereocenters. The lowest BCUT2D eigenvalue weighted by molar-refractivity contribution is 0.741.